The molecule has 0 heterocycles. The van der Waals surface area contributed by atoms with E-state index in [0.717, 1.165) is 6.42 Å². The van der Waals surface area contributed by atoms with Gasteiger partial charge in [0.25, 0.3) is 0 Å². The van der Waals surface area contributed by atoms with Crippen molar-refractivity contribution in [2.24, 2.45) is 0 Å². The summed E-state index contributed by atoms with van der Waals surface area (Å²) in [6.45, 7) is 0. The van der Waals surface area contributed by atoms with Crippen LogP contribution in [0.25, 0.3) is 60.6 Å². The Morgan fingerprint density at radius 2 is 1.07 bits per heavy atom. The van der Waals surface area contributed by atoms with Crippen molar-refractivity contribution < 1.29 is 0 Å². The van der Waals surface area contributed by atoms with Gasteiger partial charge in [0.05, 0.1) is 0 Å². The van der Waals surface area contributed by atoms with Gasteiger partial charge in [0.1, 0.15) is 0 Å². The Kier molecular flexibility index (Phi) is 5.38. The zero-order valence-electron chi connectivity index (χ0n) is 22.2. The normalized spacial score (nSPS) is 14.6. The molecule has 0 saturated carbocycles. The van der Waals surface area contributed by atoms with E-state index in [2.05, 4.69) is 152 Å². The molecule has 8 rings (SSSR count). The van der Waals surface area contributed by atoms with Crippen molar-refractivity contribution in [3.63, 3.8) is 0 Å². The lowest BCUT2D eigenvalue weighted by Gasteiger charge is -2.22. The third-order valence-electron chi connectivity index (χ3n) is 8.60. The molecule has 188 valence electrons. The average molecular weight is 509 g/mol. The summed E-state index contributed by atoms with van der Waals surface area (Å²) in [6, 6.07) is 51.3. The van der Waals surface area contributed by atoms with E-state index >= 15 is 0 Å². The predicted octanol–water partition coefficient (Wildman–Crippen LogP) is 10.8. The summed E-state index contributed by atoms with van der Waals surface area (Å²) in [4.78, 5) is 0. The van der Waals surface area contributed by atoms with Crippen LogP contribution in [0.5, 0.6) is 0 Å². The van der Waals surface area contributed by atoms with Gasteiger partial charge in [-0.1, -0.05) is 152 Å². The number of rotatable bonds is 3. The van der Waals surface area contributed by atoms with E-state index in [1.165, 1.54) is 71.3 Å². The summed E-state index contributed by atoms with van der Waals surface area (Å²) < 4.78 is 0. The van der Waals surface area contributed by atoms with Crippen molar-refractivity contribution in [2.45, 2.75) is 12.3 Å². The van der Waals surface area contributed by atoms with Crippen molar-refractivity contribution in [2.75, 3.05) is 0 Å². The van der Waals surface area contributed by atoms with Gasteiger partial charge in [-0.2, -0.15) is 0 Å². The molecule has 0 saturated heterocycles. The first kappa shape index (κ1) is 23.0. The lowest BCUT2D eigenvalue weighted by atomic mass is 9.81. The molecule has 0 fully saturated rings. The minimum absolute atomic E-state index is 0.408. The topological polar surface area (TPSA) is 0 Å². The second kappa shape index (κ2) is 9.36. The maximum atomic E-state index is 2.45. The van der Waals surface area contributed by atoms with Crippen LogP contribution in [0.2, 0.25) is 0 Å². The van der Waals surface area contributed by atoms with Crippen molar-refractivity contribution in [3.05, 3.63) is 162 Å². The fourth-order valence-corrected chi connectivity index (χ4v) is 6.73. The highest BCUT2D eigenvalue weighted by Gasteiger charge is 2.20. The van der Waals surface area contributed by atoms with Gasteiger partial charge >= 0.3 is 0 Å². The Bertz CT molecular complexity index is 2020. The fraction of sp³-hybridized carbons (Fsp3) is 0.0500. The van der Waals surface area contributed by atoms with Crippen LogP contribution in [-0.2, 0) is 6.42 Å². The summed E-state index contributed by atoms with van der Waals surface area (Å²) in [5, 5.41) is 7.76. The van der Waals surface area contributed by atoms with Crippen molar-refractivity contribution in [1.82, 2.24) is 0 Å². The van der Waals surface area contributed by atoms with Crippen LogP contribution in [-0.4, -0.2) is 0 Å². The van der Waals surface area contributed by atoms with Gasteiger partial charge in [0, 0.05) is 5.92 Å². The Balaban J connectivity index is 1.38. The highest BCUT2D eigenvalue weighted by atomic mass is 14.2. The van der Waals surface area contributed by atoms with Gasteiger partial charge in [0.2, 0.25) is 0 Å². The molecule has 1 aliphatic rings. The highest BCUT2D eigenvalue weighted by molar-refractivity contribution is 6.23. The molecule has 7 aromatic rings. The molecule has 0 aliphatic heterocycles. The second-order valence-electron chi connectivity index (χ2n) is 10.9. The predicted molar refractivity (Wildman–Crippen MR) is 172 cm³/mol. The van der Waals surface area contributed by atoms with Gasteiger partial charge in [-0.15, -0.1) is 0 Å². The van der Waals surface area contributed by atoms with E-state index in [1.807, 2.05) is 0 Å². The maximum absolute atomic E-state index is 2.45. The van der Waals surface area contributed by atoms with E-state index in [9.17, 15) is 0 Å². The summed E-state index contributed by atoms with van der Waals surface area (Å²) >= 11 is 0. The van der Waals surface area contributed by atoms with Gasteiger partial charge in [-0.3, -0.25) is 0 Å². The van der Waals surface area contributed by atoms with Crippen molar-refractivity contribution >= 4 is 38.4 Å². The first-order valence-electron chi connectivity index (χ1n) is 14.1. The summed E-state index contributed by atoms with van der Waals surface area (Å²) in [7, 11) is 0. The summed E-state index contributed by atoms with van der Waals surface area (Å²) in [6.07, 6.45) is 5.69. The fourth-order valence-electron chi connectivity index (χ4n) is 6.73. The Hall–Kier alpha value is -4.94. The molecular weight excluding hydrogens is 480 g/mol. The van der Waals surface area contributed by atoms with Crippen LogP contribution in [0, 0.1) is 0 Å². The molecule has 0 N–H and O–H groups in total. The van der Waals surface area contributed by atoms with Gasteiger partial charge in [-0.05, 0) is 77.7 Å². The molecule has 0 bridgehead atoms. The molecule has 7 aromatic carbocycles. The Labute approximate surface area is 234 Å². The van der Waals surface area contributed by atoms with Crippen LogP contribution in [0.3, 0.4) is 0 Å². The van der Waals surface area contributed by atoms with E-state index in [4.69, 9.17) is 0 Å². The van der Waals surface area contributed by atoms with Crippen LogP contribution in [0.1, 0.15) is 22.6 Å². The van der Waals surface area contributed by atoms with Gasteiger partial charge in [-0.25, -0.2) is 0 Å². The molecule has 1 aliphatic carbocycles. The monoisotopic (exact) mass is 508 g/mol. The SMILES string of the molecule is C1=CC(c2ccccc2)Cc2cc(-c3c4ccccc4c(-c4cccc5ccccc45)c4ccccc34)ccc21. The van der Waals surface area contributed by atoms with E-state index in [1.54, 1.807) is 0 Å². The zero-order valence-corrected chi connectivity index (χ0v) is 22.2. The van der Waals surface area contributed by atoms with Crippen molar-refractivity contribution in [3.8, 4) is 22.3 Å². The first-order valence-corrected chi connectivity index (χ1v) is 14.1. The molecule has 0 radical (unpaired) electrons. The third-order valence-corrected chi connectivity index (χ3v) is 8.60. The molecule has 0 spiro atoms. The number of hydrogen-bond donors (Lipinski definition) is 0. The number of hydrogen-bond acceptors (Lipinski definition) is 0. The minimum Gasteiger partial charge on any atom is -0.0761 e. The zero-order chi connectivity index (χ0) is 26.5. The second-order valence-corrected chi connectivity index (χ2v) is 10.9. The molecule has 0 aromatic heterocycles. The Morgan fingerprint density at radius 1 is 0.475 bits per heavy atom. The van der Waals surface area contributed by atoms with E-state index in [-0.39, 0.29) is 0 Å². The molecule has 1 unspecified atom stereocenters. The maximum Gasteiger partial charge on any atom is 0.00619 e. The van der Waals surface area contributed by atoms with Crippen molar-refractivity contribution in [1.29, 1.82) is 0 Å². The first-order chi connectivity index (χ1) is 19.8. The van der Waals surface area contributed by atoms with Crippen LogP contribution in [0.15, 0.2) is 146 Å². The number of allylic oxidation sites excluding steroid dienone is 1. The lowest BCUT2D eigenvalue weighted by Crippen LogP contribution is -2.06. The molecular formula is C40H28. The molecule has 0 nitrogen and oxygen atoms in total. The molecule has 0 amide bonds. The molecule has 1 atom stereocenters. The standard InChI is InChI=1S/C40H28/c1-2-11-27(12-3-1)30-23-21-28-22-24-31(26-32(28)25-30)39-35-16-6-8-18-37(35)40(38-19-9-7-17-36(38)39)34-20-10-14-29-13-4-5-15-33(29)34/h1-24,26,30H,25H2. The minimum atomic E-state index is 0.408. The van der Waals surface area contributed by atoms with E-state index < -0.39 is 0 Å². The van der Waals surface area contributed by atoms with Crippen LogP contribution >= 0.6 is 0 Å². The molecule has 40 heavy (non-hydrogen) atoms. The van der Waals surface area contributed by atoms with Gasteiger partial charge in [0.15, 0.2) is 0 Å². The summed E-state index contributed by atoms with van der Waals surface area (Å²) in [5.74, 6) is 0.408. The van der Waals surface area contributed by atoms with Crippen LogP contribution < -0.4 is 0 Å². The number of fused-ring (bicyclic) bond motifs is 4. The third kappa shape index (κ3) is 3.68. The van der Waals surface area contributed by atoms with Crippen LogP contribution in [0.4, 0.5) is 0 Å². The Morgan fingerprint density at radius 3 is 1.80 bits per heavy atom. The van der Waals surface area contributed by atoms with E-state index in [0.29, 0.717) is 5.92 Å². The summed E-state index contributed by atoms with van der Waals surface area (Å²) in [5.41, 5.74) is 9.35. The smallest absolute Gasteiger partial charge is 0.00619 e. The highest BCUT2D eigenvalue weighted by Crippen LogP contribution is 2.45. The lowest BCUT2D eigenvalue weighted by molar-refractivity contribution is 0.827. The molecule has 0 heteroatoms. The largest absolute Gasteiger partial charge is 0.0761 e. The number of benzene rings is 7. The van der Waals surface area contributed by atoms with Gasteiger partial charge < -0.3 is 0 Å². The average Bonchev–Trinajstić information content (AvgIpc) is 3.03. The quantitative estimate of drug-likeness (QED) is 0.208.